The quantitative estimate of drug-likeness (QED) is 0.843. The zero-order valence-electron chi connectivity index (χ0n) is 10.4. The van der Waals surface area contributed by atoms with E-state index in [2.05, 4.69) is 5.32 Å². The Kier molecular flexibility index (Phi) is 3.84. The molecule has 0 fully saturated rings. The Morgan fingerprint density at radius 1 is 1.29 bits per heavy atom. The SMILES string of the molecule is O=C1CCc2cc(F)c(NC(=O)C(F)(F)C(F)F)cc2N1. The van der Waals surface area contributed by atoms with Crippen molar-refractivity contribution in [2.24, 2.45) is 0 Å². The van der Waals surface area contributed by atoms with E-state index in [1.165, 1.54) is 5.32 Å². The summed E-state index contributed by atoms with van der Waals surface area (Å²) in [4.78, 5) is 22.2. The summed E-state index contributed by atoms with van der Waals surface area (Å²) in [5.74, 6) is -8.67. The summed E-state index contributed by atoms with van der Waals surface area (Å²) >= 11 is 0. The molecule has 114 valence electrons. The number of carbonyl (C=O) groups excluding carboxylic acids is 2. The summed E-state index contributed by atoms with van der Waals surface area (Å²) in [6.45, 7) is 0. The van der Waals surface area contributed by atoms with Crippen molar-refractivity contribution in [3.63, 3.8) is 0 Å². The minimum atomic E-state index is -4.94. The number of amides is 2. The lowest BCUT2D eigenvalue weighted by atomic mass is 10.0. The third kappa shape index (κ3) is 2.96. The highest BCUT2D eigenvalue weighted by molar-refractivity contribution is 5.99. The molecule has 0 atom stereocenters. The molecule has 0 aliphatic carbocycles. The van der Waals surface area contributed by atoms with E-state index in [9.17, 15) is 31.5 Å². The van der Waals surface area contributed by atoms with Gasteiger partial charge in [-0.2, -0.15) is 8.78 Å². The van der Waals surface area contributed by atoms with E-state index in [1.54, 1.807) is 0 Å². The van der Waals surface area contributed by atoms with Crippen LogP contribution < -0.4 is 10.6 Å². The van der Waals surface area contributed by atoms with Gasteiger partial charge >= 0.3 is 18.3 Å². The Hall–Kier alpha value is -2.19. The Labute approximate surface area is 115 Å². The molecule has 1 aliphatic heterocycles. The highest BCUT2D eigenvalue weighted by Crippen LogP contribution is 2.30. The Bertz CT molecular complexity index is 604. The molecule has 0 spiro atoms. The minimum absolute atomic E-state index is 0.140. The molecule has 0 aromatic heterocycles. The van der Waals surface area contributed by atoms with Gasteiger partial charge in [0.05, 0.1) is 5.69 Å². The van der Waals surface area contributed by atoms with Crippen LogP contribution >= 0.6 is 0 Å². The number of aryl methyl sites for hydroxylation is 1. The molecule has 2 amide bonds. The molecule has 1 aromatic carbocycles. The second kappa shape index (κ2) is 5.30. The first-order valence-electron chi connectivity index (χ1n) is 5.81. The normalized spacial score (nSPS) is 14.7. The predicted molar refractivity (Wildman–Crippen MR) is 62.9 cm³/mol. The van der Waals surface area contributed by atoms with Crippen molar-refractivity contribution in [1.29, 1.82) is 0 Å². The van der Waals surface area contributed by atoms with Gasteiger partial charge in [0.1, 0.15) is 5.82 Å². The van der Waals surface area contributed by atoms with Gasteiger partial charge in [-0.1, -0.05) is 0 Å². The smallest absolute Gasteiger partial charge is 0.326 e. The number of halogens is 5. The van der Waals surface area contributed by atoms with Crippen LogP contribution in [0.2, 0.25) is 0 Å². The number of rotatable bonds is 3. The van der Waals surface area contributed by atoms with Gasteiger partial charge in [-0.25, -0.2) is 13.2 Å². The van der Waals surface area contributed by atoms with E-state index >= 15 is 0 Å². The monoisotopic (exact) mass is 308 g/mol. The van der Waals surface area contributed by atoms with E-state index in [0.29, 0.717) is 5.56 Å². The Morgan fingerprint density at radius 2 is 1.95 bits per heavy atom. The topological polar surface area (TPSA) is 58.2 Å². The molecule has 4 nitrogen and oxygen atoms in total. The van der Waals surface area contributed by atoms with Crippen LogP contribution in [-0.2, 0) is 16.0 Å². The third-order valence-electron chi connectivity index (χ3n) is 2.91. The number of nitrogens with one attached hydrogen (secondary N) is 2. The molecule has 2 N–H and O–H groups in total. The maximum Gasteiger partial charge on any atom is 0.383 e. The predicted octanol–water partition coefficient (Wildman–Crippen LogP) is 2.55. The van der Waals surface area contributed by atoms with Crippen molar-refractivity contribution in [2.75, 3.05) is 10.6 Å². The largest absolute Gasteiger partial charge is 0.383 e. The minimum Gasteiger partial charge on any atom is -0.326 e. The highest BCUT2D eigenvalue weighted by Gasteiger charge is 2.49. The number of alkyl halides is 4. The van der Waals surface area contributed by atoms with Crippen LogP contribution in [0, 0.1) is 5.82 Å². The van der Waals surface area contributed by atoms with E-state index in [4.69, 9.17) is 0 Å². The van der Waals surface area contributed by atoms with Crippen LogP contribution in [-0.4, -0.2) is 24.2 Å². The molecule has 2 rings (SSSR count). The van der Waals surface area contributed by atoms with Crippen LogP contribution in [0.4, 0.5) is 33.3 Å². The summed E-state index contributed by atoms with van der Waals surface area (Å²) in [5, 5.41) is 3.77. The van der Waals surface area contributed by atoms with E-state index in [0.717, 1.165) is 12.1 Å². The first-order valence-corrected chi connectivity index (χ1v) is 5.81. The van der Waals surface area contributed by atoms with Gasteiger partial charge in [0.2, 0.25) is 5.91 Å². The van der Waals surface area contributed by atoms with Crippen LogP contribution in [0.15, 0.2) is 12.1 Å². The molecule has 0 saturated carbocycles. The lowest BCUT2D eigenvalue weighted by Gasteiger charge is -2.20. The molecular formula is C12H9F5N2O2. The Balaban J connectivity index is 2.27. The van der Waals surface area contributed by atoms with Gasteiger partial charge in [0, 0.05) is 12.1 Å². The fourth-order valence-electron chi connectivity index (χ4n) is 1.80. The molecule has 0 saturated heterocycles. The van der Waals surface area contributed by atoms with Crippen LogP contribution in [0.1, 0.15) is 12.0 Å². The maximum atomic E-state index is 13.7. The van der Waals surface area contributed by atoms with Crippen molar-refractivity contribution in [2.45, 2.75) is 25.2 Å². The molecule has 0 bridgehead atoms. The van der Waals surface area contributed by atoms with Gasteiger partial charge in [-0.15, -0.1) is 0 Å². The second-order valence-electron chi connectivity index (χ2n) is 4.42. The number of hydrogen-bond donors (Lipinski definition) is 2. The summed E-state index contributed by atoms with van der Waals surface area (Å²) in [6, 6.07) is 1.87. The van der Waals surface area contributed by atoms with Gasteiger partial charge in [-0.3, -0.25) is 9.59 Å². The summed E-state index contributed by atoms with van der Waals surface area (Å²) in [7, 11) is 0. The van der Waals surface area contributed by atoms with E-state index in [1.807, 2.05) is 0 Å². The molecule has 9 heteroatoms. The maximum absolute atomic E-state index is 13.7. The van der Waals surface area contributed by atoms with Crippen molar-refractivity contribution in [3.05, 3.63) is 23.5 Å². The van der Waals surface area contributed by atoms with Gasteiger partial charge in [0.25, 0.3) is 0 Å². The summed E-state index contributed by atoms with van der Waals surface area (Å²) in [5.41, 5.74) is -0.143. The average molecular weight is 308 g/mol. The zero-order chi connectivity index (χ0) is 15.8. The van der Waals surface area contributed by atoms with Crippen molar-refractivity contribution in [3.8, 4) is 0 Å². The third-order valence-corrected chi connectivity index (χ3v) is 2.91. The molecular weight excluding hydrogens is 299 g/mol. The number of fused-ring (bicyclic) bond motifs is 1. The molecule has 0 unspecified atom stereocenters. The van der Waals surface area contributed by atoms with E-state index < -0.39 is 29.8 Å². The van der Waals surface area contributed by atoms with Crippen molar-refractivity contribution in [1.82, 2.24) is 0 Å². The van der Waals surface area contributed by atoms with Crippen molar-refractivity contribution >= 4 is 23.2 Å². The number of hydrogen-bond acceptors (Lipinski definition) is 2. The van der Waals surface area contributed by atoms with E-state index in [-0.39, 0.29) is 24.4 Å². The first-order chi connectivity index (χ1) is 9.71. The summed E-state index contributed by atoms with van der Waals surface area (Å²) in [6.07, 6.45) is -3.82. The number of benzene rings is 1. The lowest BCUT2D eigenvalue weighted by molar-refractivity contribution is -0.163. The van der Waals surface area contributed by atoms with Gasteiger partial charge in [0.15, 0.2) is 0 Å². The molecule has 1 aliphatic rings. The Morgan fingerprint density at radius 3 is 2.57 bits per heavy atom. The molecule has 21 heavy (non-hydrogen) atoms. The van der Waals surface area contributed by atoms with Gasteiger partial charge in [-0.05, 0) is 24.1 Å². The fourth-order valence-corrected chi connectivity index (χ4v) is 1.80. The lowest BCUT2D eigenvalue weighted by Crippen LogP contribution is -2.41. The molecule has 0 radical (unpaired) electrons. The average Bonchev–Trinajstić information content (AvgIpc) is 2.39. The zero-order valence-corrected chi connectivity index (χ0v) is 10.4. The molecule has 1 heterocycles. The van der Waals surface area contributed by atoms with Crippen LogP contribution in [0.5, 0.6) is 0 Å². The van der Waals surface area contributed by atoms with Crippen molar-refractivity contribution < 1.29 is 31.5 Å². The first kappa shape index (κ1) is 15.2. The number of anilines is 2. The number of carbonyl (C=O) groups is 2. The van der Waals surface area contributed by atoms with Gasteiger partial charge < -0.3 is 10.6 Å². The summed E-state index contributed by atoms with van der Waals surface area (Å²) < 4.78 is 63.3. The fraction of sp³-hybridized carbons (Fsp3) is 0.333. The molecule has 1 aromatic rings. The highest BCUT2D eigenvalue weighted by atomic mass is 19.3. The second-order valence-corrected chi connectivity index (χ2v) is 4.42. The van der Waals surface area contributed by atoms with Crippen LogP contribution in [0.25, 0.3) is 0 Å². The van der Waals surface area contributed by atoms with Crippen LogP contribution in [0.3, 0.4) is 0 Å². The standard InChI is InChI=1S/C12H9F5N2O2/c13-6-3-5-1-2-9(20)18-7(5)4-8(6)19-11(21)12(16,17)10(14)15/h3-4,10H,1-2H2,(H,18,20)(H,19,21).